The van der Waals surface area contributed by atoms with Gasteiger partial charge >= 0.3 is 0 Å². The van der Waals surface area contributed by atoms with Gasteiger partial charge in [-0.25, -0.2) is 0 Å². The highest BCUT2D eigenvalue weighted by molar-refractivity contribution is 5.81. The normalized spacial score (nSPS) is 26.3. The Balaban J connectivity index is 2.16. The lowest BCUT2D eigenvalue weighted by atomic mass is 10.00. The third-order valence-electron chi connectivity index (χ3n) is 3.76. The number of hydrogen-bond donors (Lipinski definition) is 0. The predicted octanol–water partition coefficient (Wildman–Crippen LogP) is 2.81. The van der Waals surface area contributed by atoms with Crippen LogP contribution in [0.2, 0.25) is 0 Å². The second-order valence-electron chi connectivity index (χ2n) is 4.78. The van der Waals surface area contributed by atoms with Crippen molar-refractivity contribution in [1.82, 2.24) is 4.90 Å². The van der Waals surface area contributed by atoms with Crippen molar-refractivity contribution in [2.45, 2.75) is 19.9 Å². The molecule has 1 saturated heterocycles. The van der Waals surface area contributed by atoms with E-state index in [0.717, 1.165) is 5.56 Å². The van der Waals surface area contributed by atoms with Crippen LogP contribution in [0.3, 0.4) is 0 Å². The molecule has 0 N–H and O–H groups in total. The zero-order chi connectivity index (χ0) is 12.4. The van der Waals surface area contributed by atoms with E-state index < -0.39 is 6.67 Å². The fourth-order valence-corrected chi connectivity index (χ4v) is 2.41. The van der Waals surface area contributed by atoms with Crippen molar-refractivity contribution >= 4 is 5.91 Å². The van der Waals surface area contributed by atoms with Crippen LogP contribution in [-0.4, -0.2) is 24.0 Å². The Morgan fingerprint density at radius 1 is 1.41 bits per heavy atom. The van der Waals surface area contributed by atoms with E-state index in [9.17, 15) is 9.18 Å². The van der Waals surface area contributed by atoms with Gasteiger partial charge in [-0.1, -0.05) is 37.3 Å². The minimum atomic E-state index is -0.412. The fourth-order valence-electron chi connectivity index (χ4n) is 2.41. The molecule has 3 heteroatoms. The maximum Gasteiger partial charge on any atom is 0.226 e. The summed E-state index contributed by atoms with van der Waals surface area (Å²) in [4.78, 5) is 13.8. The molecule has 3 atom stereocenters. The molecular weight excluding hydrogens is 217 g/mol. The standard InChI is InChI=1S/C14H18FNO/c1-10-13(8-15)9-16(14(10)17)11(2)12-6-4-3-5-7-12/h3-7,10-11,13H,8-9H2,1-2H3/t10?,11-,13+/m1/s1. The van der Waals surface area contributed by atoms with E-state index >= 15 is 0 Å². The van der Waals surface area contributed by atoms with Gasteiger partial charge < -0.3 is 4.90 Å². The van der Waals surface area contributed by atoms with Gasteiger partial charge in [0.15, 0.2) is 0 Å². The third-order valence-corrected chi connectivity index (χ3v) is 3.76. The maximum atomic E-state index is 12.8. The summed E-state index contributed by atoms with van der Waals surface area (Å²) in [7, 11) is 0. The van der Waals surface area contributed by atoms with Gasteiger partial charge in [0.2, 0.25) is 5.91 Å². The molecule has 1 fully saturated rings. The summed E-state index contributed by atoms with van der Waals surface area (Å²) in [5.41, 5.74) is 1.10. The smallest absolute Gasteiger partial charge is 0.226 e. The average molecular weight is 235 g/mol. The molecule has 2 rings (SSSR count). The number of likely N-dealkylation sites (tertiary alicyclic amines) is 1. The molecule has 0 aromatic heterocycles. The molecule has 1 aliphatic heterocycles. The van der Waals surface area contributed by atoms with Crippen molar-refractivity contribution in [3.05, 3.63) is 35.9 Å². The van der Waals surface area contributed by atoms with Crippen LogP contribution in [0.1, 0.15) is 25.5 Å². The number of amides is 1. The lowest BCUT2D eigenvalue weighted by molar-refractivity contribution is -0.132. The zero-order valence-electron chi connectivity index (χ0n) is 10.3. The van der Waals surface area contributed by atoms with Crippen LogP contribution < -0.4 is 0 Å². The van der Waals surface area contributed by atoms with Crippen molar-refractivity contribution in [2.75, 3.05) is 13.2 Å². The van der Waals surface area contributed by atoms with E-state index in [2.05, 4.69) is 0 Å². The van der Waals surface area contributed by atoms with Gasteiger partial charge in [-0.15, -0.1) is 0 Å². The highest BCUT2D eigenvalue weighted by Crippen LogP contribution is 2.32. The lowest BCUT2D eigenvalue weighted by Crippen LogP contribution is -2.29. The third kappa shape index (κ3) is 2.19. The van der Waals surface area contributed by atoms with Crippen molar-refractivity contribution in [3.8, 4) is 0 Å². The first kappa shape index (κ1) is 12.1. The minimum Gasteiger partial charge on any atom is -0.335 e. The number of rotatable bonds is 3. The van der Waals surface area contributed by atoms with E-state index in [-0.39, 0.29) is 23.8 Å². The summed E-state index contributed by atoms with van der Waals surface area (Å²) >= 11 is 0. The number of carbonyl (C=O) groups excluding carboxylic acids is 1. The Morgan fingerprint density at radius 2 is 2.06 bits per heavy atom. The summed E-state index contributed by atoms with van der Waals surface area (Å²) in [6, 6.07) is 9.92. The predicted molar refractivity (Wildman–Crippen MR) is 65.2 cm³/mol. The molecule has 0 aliphatic carbocycles. The van der Waals surface area contributed by atoms with Crippen LogP contribution >= 0.6 is 0 Å². The topological polar surface area (TPSA) is 20.3 Å². The molecule has 1 aromatic carbocycles. The number of carbonyl (C=O) groups is 1. The van der Waals surface area contributed by atoms with Crippen LogP contribution in [0.25, 0.3) is 0 Å². The Labute approximate surface area is 101 Å². The lowest BCUT2D eigenvalue weighted by Gasteiger charge is -2.25. The van der Waals surface area contributed by atoms with Gasteiger partial charge in [-0.2, -0.15) is 0 Å². The molecule has 0 saturated carbocycles. The van der Waals surface area contributed by atoms with Gasteiger partial charge in [-0.05, 0) is 12.5 Å². The highest BCUT2D eigenvalue weighted by atomic mass is 19.1. The zero-order valence-corrected chi connectivity index (χ0v) is 10.3. The van der Waals surface area contributed by atoms with Gasteiger partial charge in [0, 0.05) is 18.4 Å². The quantitative estimate of drug-likeness (QED) is 0.789. The largest absolute Gasteiger partial charge is 0.335 e. The number of halogens is 1. The van der Waals surface area contributed by atoms with Crippen molar-refractivity contribution in [1.29, 1.82) is 0 Å². The summed E-state index contributed by atoms with van der Waals surface area (Å²) in [6.07, 6.45) is 0. The maximum absolute atomic E-state index is 12.8. The number of alkyl halides is 1. The number of hydrogen-bond acceptors (Lipinski definition) is 1. The first-order valence-electron chi connectivity index (χ1n) is 6.06. The molecule has 1 aromatic rings. The van der Waals surface area contributed by atoms with Crippen molar-refractivity contribution in [2.24, 2.45) is 11.8 Å². The van der Waals surface area contributed by atoms with Crippen LogP contribution in [0.4, 0.5) is 4.39 Å². The number of nitrogens with zero attached hydrogens (tertiary/aromatic N) is 1. The molecule has 1 amide bonds. The molecule has 0 radical (unpaired) electrons. The fraction of sp³-hybridized carbons (Fsp3) is 0.500. The van der Waals surface area contributed by atoms with E-state index in [1.807, 2.05) is 44.2 Å². The summed E-state index contributed by atoms with van der Waals surface area (Å²) in [5, 5.41) is 0. The second kappa shape index (κ2) is 4.86. The molecule has 92 valence electrons. The Bertz CT molecular complexity index is 392. The first-order chi connectivity index (χ1) is 8.15. The van der Waals surface area contributed by atoms with E-state index in [1.165, 1.54) is 0 Å². The molecule has 1 unspecified atom stereocenters. The van der Waals surface area contributed by atoms with Crippen LogP contribution in [0.15, 0.2) is 30.3 Å². The van der Waals surface area contributed by atoms with Crippen molar-refractivity contribution < 1.29 is 9.18 Å². The molecule has 0 bridgehead atoms. The van der Waals surface area contributed by atoms with E-state index in [1.54, 1.807) is 4.90 Å². The van der Waals surface area contributed by atoms with Crippen LogP contribution in [-0.2, 0) is 4.79 Å². The first-order valence-corrected chi connectivity index (χ1v) is 6.06. The van der Waals surface area contributed by atoms with E-state index in [0.29, 0.717) is 6.54 Å². The Hall–Kier alpha value is -1.38. The van der Waals surface area contributed by atoms with Gasteiger partial charge in [0.25, 0.3) is 0 Å². The number of benzene rings is 1. The minimum absolute atomic E-state index is 0.0303. The second-order valence-corrected chi connectivity index (χ2v) is 4.78. The van der Waals surface area contributed by atoms with Gasteiger partial charge in [0.05, 0.1) is 12.7 Å². The van der Waals surface area contributed by atoms with Crippen LogP contribution in [0, 0.1) is 11.8 Å². The molecule has 1 heterocycles. The molecule has 0 spiro atoms. The van der Waals surface area contributed by atoms with Crippen LogP contribution in [0.5, 0.6) is 0 Å². The Kier molecular flexibility index (Phi) is 3.46. The summed E-state index contributed by atoms with van der Waals surface area (Å²) in [6.45, 7) is 3.95. The summed E-state index contributed by atoms with van der Waals surface area (Å²) < 4.78 is 12.8. The highest BCUT2D eigenvalue weighted by Gasteiger charge is 2.39. The summed E-state index contributed by atoms with van der Waals surface area (Å²) in [5.74, 6) is -0.260. The Morgan fingerprint density at radius 3 is 2.59 bits per heavy atom. The monoisotopic (exact) mass is 235 g/mol. The van der Waals surface area contributed by atoms with Gasteiger partial charge in [-0.3, -0.25) is 9.18 Å². The molecular formula is C14H18FNO. The molecule has 1 aliphatic rings. The SMILES string of the molecule is CC1C(=O)N([C@H](C)c2ccccc2)C[C@@H]1CF. The van der Waals surface area contributed by atoms with E-state index in [4.69, 9.17) is 0 Å². The molecule has 2 nitrogen and oxygen atoms in total. The van der Waals surface area contributed by atoms with Gasteiger partial charge in [0.1, 0.15) is 0 Å². The van der Waals surface area contributed by atoms with Crippen molar-refractivity contribution in [3.63, 3.8) is 0 Å². The average Bonchev–Trinajstić information content (AvgIpc) is 2.66. The molecule has 17 heavy (non-hydrogen) atoms.